The van der Waals surface area contributed by atoms with E-state index >= 15 is 0 Å². The van der Waals surface area contributed by atoms with Crippen LogP contribution in [0.5, 0.6) is 0 Å². The first kappa shape index (κ1) is 12.4. The van der Waals surface area contributed by atoms with Crippen molar-refractivity contribution in [2.45, 2.75) is 38.0 Å². The van der Waals surface area contributed by atoms with Crippen molar-refractivity contribution in [3.05, 3.63) is 35.9 Å². The smallest absolute Gasteiger partial charge is 0.307 e. The van der Waals surface area contributed by atoms with Crippen LogP contribution in [-0.2, 0) is 0 Å². The third-order valence-electron chi connectivity index (χ3n) is 3.36. The Balaban J connectivity index is 2.26. The number of halogens is 3. The number of rotatable bonds is 1. The highest BCUT2D eigenvalue weighted by Crippen LogP contribution is 2.42. The van der Waals surface area contributed by atoms with Crippen molar-refractivity contribution in [1.82, 2.24) is 5.32 Å². The van der Waals surface area contributed by atoms with Crippen LogP contribution in [0.15, 0.2) is 30.3 Å². The Labute approximate surface area is 99.0 Å². The molecule has 1 aliphatic heterocycles. The van der Waals surface area contributed by atoms with Crippen molar-refractivity contribution < 1.29 is 13.2 Å². The minimum Gasteiger partial charge on any atom is -0.307 e. The number of nitrogens with one attached hydrogen (secondary N) is 1. The van der Waals surface area contributed by atoms with Gasteiger partial charge in [0, 0.05) is 12.1 Å². The summed E-state index contributed by atoms with van der Waals surface area (Å²) in [5, 5.41) is 3.07. The standard InChI is InChI=1S/C13H16F3N/c1-9-7-8-11(13(14,15)16)12(17-9)10-5-3-2-4-6-10/h2-6,9,11-12,17H,7-8H2,1H3/t9-,11+,12+/m1/s1. The summed E-state index contributed by atoms with van der Waals surface area (Å²) in [6, 6.07) is 8.42. The van der Waals surface area contributed by atoms with Gasteiger partial charge in [-0.15, -0.1) is 0 Å². The molecule has 1 aromatic carbocycles. The van der Waals surface area contributed by atoms with Gasteiger partial charge >= 0.3 is 6.18 Å². The Morgan fingerprint density at radius 3 is 2.35 bits per heavy atom. The molecule has 4 heteroatoms. The van der Waals surface area contributed by atoms with Gasteiger partial charge in [0.1, 0.15) is 0 Å². The van der Waals surface area contributed by atoms with Gasteiger partial charge < -0.3 is 5.32 Å². The fraction of sp³-hybridized carbons (Fsp3) is 0.538. The fourth-order valence-corrected chi connectivity index (χ4v) is 2.44. The molecule has 0 aromatic heterocycles. The van der Waals surface area contributed by atoms with Crippen LogP contribution in [0.1, 0.15) is 31.4 Å². The molecule has 1 saturated heterocycles. The Kier molecular flexibility index (Phi) is 3.43. The zero-order valence-corrected chi connectivity index (χ0v) is 9.67. The third-order valence-corrected chi connectivity index (χ3v) is 3.36. The van der Waals surface area contributed by atoms with Crippen LogP contribution in [0.3, 0.4) is 0 Å². The highest BCUT2D eigenvalue weighted by atomic mass is 19.4. The second-order valence-corrected chi connectivity index (χ2v) is 4.68. The summed E-state index contributed by atoms with van der Waals surface area (Å²) in [6.45, 7) is 1.93. The van der Waals surface area contributed by atoms with Crippen molar-refractivity contribution in [1.29, 1.82) is 0 Å². The van der Waals surface area contributed by atoms with E-state index in [4.69, 9.17) is 0 Å². The highest BCUT2D eigenvalue weighted by molar-refractivity contribution is 5.21. The molecule has 3 atom stereocenters. The van der Waals surface area contributed by atoms with Crippen LogP contribution in [0, 0.1) is 5.92 Å². The fourth-order valence-electron chi connectivity index (χ4n) is 2.44. The van der Waals surface area contributed by atoms with Crippen molar-refractivity contribution in [3.63, 3.8) is 0 Å². The minimum atomic E-state index is -4.13. The molecule has 0 aliphatic carbocycles. The number of alkyl halides is 3. The van der Waals surface area contributed by atoms with E-state index in [1.807, 2.05) is 13.0 Å². The molecule has 2 rings (SSSR count). The maximum absolute atomic E-state index is 13.0. The second kappa shape index (κ2) is 4.69. The van der Waals surface area contributed by atoms with Crippen molar-refractivity contribution >= 4 is 0 Å². The summed E-state index contributed by atoms with van der Waals surface area (Å²) in [7, 11) is 0. The number of hydrogen-bond donors (Lipinski definition) is 1. The van der Waals surface area contributed by atoms with Crippen molar-refractivity contribution in [2.75, 3.05) is 0 Å². The summed E-state index contributed by atoms with van der Waals surface area (Å²) >= 11 is 0. The van der Waals surface area contributed by atoms with Gasteiger partial charge in [0.15, 0.2) is 0 Å². The summed E-state index contributed by atoms with van der Waals surface area (Å²) in [5.74, 6) is -1.28. The average Bonchev–Trinajstić information content (AvgIpc) is 2.28. The SMILES string of the molecule is C[C@@H]1CC[C@H](C(F)(F)F)[C@H](c2ccccc2)N1. The van der Waals surface area contributed by atoms with E-state index in [-0.39, 0.29) is 12.5 Å². The lowest BCUT2D eigenvalue weighted by Crippen LogP contribution is -2.45. The Hall–Kier alpha value is -1.03. The molecule has 0 bridgehead atoms. The normalized spacial score (nSPS) is 30.2. The van der Waals surface area contributed by atoms with E-state index in [1.54, 1.807) is 24.3 Å². The monoisotopic (exact) mass is 243 g/mol. The third kappa shape index (κ3) is 2.80. The molecule has 1 N–H and O–H groups in total. The maximum Gasteiger partial charge on any atom is 0.393 e. The van der Waals surface area contributed by atoms with Crippen molar-refractivity contribution in [2.24, 2.45) is 5.92 Å². The summed E-state index contributed by atoms with van der Waals surface area (Å²) in [6.07, 6.45) is -3.35. The Morgan fingerprint density at radius 2 is 1.76 bits per heavy atom. The molecule has 0 saturated carbocycles. The van der Waals surface area contributed by atoms with Gasteiger partial charge in [0.2, 0.25) is 0 Å². The molecule has 1 nitrogen and oxygen atoms in total. The predicted molar refractivity (Wildman–Crippen MR) is 60.6 cm³/mol. The molecule has 1 heterocycles. The number of piperidine rings is 1. The van der Waals surface area contributed by atoms with Gasteiger partial charge in [-0.25, -0.2) is 0 Å². The molecular formula is C13H16F3N. The lowest BCUT2D eigenvalue weighted by Gasteiger charge is -2.37. The van der Waals surface area contributed by atoms with Crippen LogP contribution in [-0.4, -0.2) is 12.2 Å². The van der Waals surface area contributed by atoms with E-state index in [0.29, 0.717) is 6.42 Å². The lowest BCUT2D eigenvalue weighted by molar-refractivity contribution is -0.190. The largest absolute Gasteiger partial charge is 0.393 e. The van der Waals surface area contributed by atoms with Crippen LogP contribution in [0.25, 0.3) is 0 Å². The molecule has 0 spiro atoms. The molecule has 1 aliphatic rings. The lowest BCUT2D eigenvalue weighted by atomic mass is 9.83. The van der Waals surface area contributed by atoms with E-state index in [0.717, 1.165) is 5.56 Å². The van der Waals surface area contributed by atoms with Gasteiger partial charge in [-0.2, -0.15) is 13.2 Å². The first-order chi connectivity index (χ1) is 7.98. The van der Waals surface area contributed by atoms with E-state index < -0.39 is 18.1 Å². The molecule has 17 heavy (non-hydrogen) atoms. The molecule has 0 unspecified atom stereocenters. The molecular weight excluding hydrogens is 227 g/mol. The molecule has 1 fully saturated rings. The average molecular weight is 243 g/mol. The molecule has 94 valence electrons. The zero-order valence-electron chi connectivity index (χ0n) is 9.67. The maximum atomic E-state index is 13.0. The van der Waals surface area contributed by atoms with Crippen LogP contribution < -0.4 is 5.32 Å². The first-order valence-electron chi connectivity index (χ1n) is 5.86. The molecule has 0 radical (unpaired) electrons. The Bertz CT molecular complexity index is 361. The van der Waals surface area contributed by atoms with Crippen LogP contribution in [0.2, 0.25) is 0 Å². The predicted octanol–water partition coefficient (Wildman–Crippen LogP) is 3.68. The number of benzene rings is 1. The van der Waals surface area contributed by atoms with E-state index in [9.17, 15) is 13.2 Å². The molecule has 0 amide bonds. The molecule has 1 aromatic rings. The zero-order chi connectivity index (χ0) is 12.5. The van der Waals surface area contributed by atoms with E-state index in [2.05, 4.69) is 5.32 Å². The second-order valence-electron chi connectivity index (χ2n) is 4.68. The summed E-state index contributed by atoms with van der Waals surface area (Å²) in [4.78, 5) is 0. The van der Waals surface area contributed by atoms with Gasteiger partial charge in [0.05, 0.1) is 5.92 Å². The van der Waals surface area contributed by atoms with Crippen LogP contribution in [0.4, 0.5) is 13.2 Å². The Morgan fingerprint density at radius 1 is 1.12 bits per heavy atom. The summed E-state index contributed by atoms with van der Waals surface area (Å²) < 4.78 is 38.9. The first-order valence-corrected chi connectivity index (χ1v) is 5.86. The number of hydrogen-bond acceptors (Lipinski definition) is 1. The minimum absolute atomic E-state index is 0.138. The van der Waals surface area contributed by atoms with Gasteiger partial charge in [-0.3, -0.25) is 0 Å². The quantitative estimate of drug-likeness (QED) is 0.793. The van der Waals surface area contributed by atoms with Gasteiger partial charge in [-0.1, -0.05) is 30.3 Å². The topological polar surface area (TPSA) is 12.0 Å². The highest BCUT2D eigenvalue weighted by Gasteiger charge is 2.46. The van der Waals surface area contributed by atoms with Crippen molar-refractivity contribution in [3.8, 4) is 0 Å². The van der Waals surface area contributed by atoms with Gasteiger partial charge in [-0.05, 0) is 25.3 Å². The van der Waals surface area contributed by atoms with Gasteiger partial charge in [0.25, 0.3) is 0 Å². The van der Waals surface area contributed by atoms with Crippen LogP contribution >= 0.6 is 0 Å². The summed E-state index contributed by atoms with van der Waals surface area (Å²) in [5.41, 5.74) is 0.723. The van der Waals surface area contributed by atoms with E-state index in [1.165, 1.54) is 0 Å².